The molecule has 9 heteroatoms. The molecule has 2 aromatic rings. The van der Waals surface area contributed by atoms with Gasteiger partial charge in [0.15, 0.2) is 5.11 Å². The molecule has 0 heterocycles. The van der Waals surface area contributed by atoms with Gasteiger partial charge in [-0.3, -0.25) is 0 Å². The van der Waals surface area contributed by atoms with Crippen molar-refractivity contribution in [3.63, 3.8) is 0 Å². The largest absolute Gasteiger partial charge is 0.399 e. The fourth-order valence-electron chi connectivity index (χ4n) is 3.91. The molecule has 1 N–H and O–H groups in total. The Morgan fingerprint density at radius 3 is 2.47 bits per heavy atom. The highest BCUT2D eigenvalue weighted by Gasteiger charge is 2.39. The summed E-state index contributed by atoms with van der Waals surface area (Å²) < 4.78 is 41.3. The molecule has 2 atom stereocenters. The highest BCUT2D eigenvalue weighted by Crippen LogP contribution is 2.41. The predicted molar refractivity (Wildman–Crippen MR) is 131 cm³/mol. The summed E-state index contributed by atoms with van der Waals surface area (Å²) in [6, 6.07) is 8.29. The second-order valence-corrected chi connectivity index (χ2v) is 9.22. The third kappa shape index (κ3) is 5.53. The first kappa shape index (κ1) is 25.2. The summed E-state index contributed by atoms with van der Waals surface area (Å²) in [5.74, 6) is -1.86. The van der Waals surface area contributed by atoms with Gasteiger partial charge in [0.25, 0.3) is 0 Å². The minimum absolute atomic E-state index is 0.0139. The van der Waals surface area contributed by atoms with E-state index in [1.165, 1.54) is 18.2 Å². The Kier molecular flexibility index (Phi) is 8.02. The fourth-order valence-corrected chi connectivity index (χ4v) is 4.79. The molecule has 0 amide bonds. The van der Waals surface area contributed by atoms with Crippen molar-refractivity contribution in [2.45, 2.75) is 37.9 Å². The van der Waals surface area contributed by atoms with Crippen molar-refractivity contribution < 1.29 is 13.2 Å². The van der Waals surface area contributed by atoms with E-state index in [0.29, 0.717) is 10.7 Å². The van der Waals surface area contributed by atoms with Gasteiger partial charge in [0.2, 0.25) is 0 Å². The zero-order valence-corrected chi connectivity index (χ0v) is 20.5. The summed E-state index contributed by atoms with van der Waals surface area (Å²) in [5, 5.41) is 3.84. The van der Waals surface area contributed by atoms with Crippen LogP contribution in [0.25, 0.3) is 6.08 Å². The van der Waals surface area contributed by atoms with E-state index in [9.17, 15) is 13.2 Å². The van der Waals surface area contributed by atoms with Crippen molar-refractivity contribution in [2.75, 3.05) is 13.6 Å². The minimum atomic E-state index is -4.51. The Morgan fingerprint density at radius 2 is 1.88 bits per heavy atom. The minimum Gasteiger partial charge on any atom is -0.363 e. The summed E-state index contributed by atoms with van der Waals surface area (Å²) in [7, 11) is 1.95. The summed E-state index contributed by atoms with van der Waals surface area (Å²) in [4.78, 5) is 2.04. The number of rotatable bonds is 5. The number of aryl methyl sites for hydroxylation is 1. The normalized spacial score (nSPS) is 16.8. The van der Waals surface area contributed by atoms with Crippen LogP contribution in [-0.4, -0.2) is 29.8 Å². The van der Waals surface area contributed by atoms with Crippen molar-refractivity contribution in [1.29, 1.82) is 0 Å². The molecule has 0 aromatic heterocycles. The van der Waals surface area contributed by atoms with Gasteiger partial charge in [-0.1, -0.05) is 65.2 Å². The van der Waals surface area contributed by atoms with Gasteiger partial charge in [-0.15, -0.1) is 0 Å². The van der Waals surface area contributed by atoms with E-state index in [1.54, 1.807) is 0 Å². The van der Waals surface area contributed by atoms with Crippen LogP contribution in [0.15, 0.2) is 36.4 Å². The van der Waals surface area contributed by atoms with Gasteiger partial charge in [-0.25, -0.2) is 0 Å². The Morgan fingerprint density at radius 1 is 1.22 bits per heavy atom. The van der Waals surface area contributed by atoms with Gasteiger partial charge < -0.3 is 10.2 Å². The summed E-state index contributed by atoms with van der Waals surface area (Å²) in [6.07, 6.45) is -0.168. The lowest BCUT2D eigenvalue weighted by Gasteiger charge is -2.28. The van der Waals surface area contributed by atoms with E-state index in [0.717, 1.165) is 36.6 Å². The Bertz CT molecular complexity index is 1020. The highest BCUT2D eigenvalue weighted by atomic mass is 35.5. The standard InChI is InChI=1S/C23H22Cl3F3N2S/c1-3-30-22(32)31(2)20-9-6-14-10-13(4-7-16(14)20)5-8-17(23(27,28)29)15-11-18(24)21(26)19(25)12-15/h4-5,7-8,10-12,17,20H,3,6,9H2,1-2H3,(H,30,32)/b8-5+. The lowest BCUT2D eigenvalue weighted by atomic mass is 9.96. The van der Waals surface area contributed by atoms with E-state index in [2.05, 4.69) is 5.32 Å². The molecule has 3 rings (SSSR count). The lowest BCUT2D eigenvalue weighted by molar-refractivity contribution is -0.139. The van der Waals surface area contributed by atoms with E-state index in [4.69, 9.17) is 47.0 Å². The first-order valence-corrected chi connectivity index (χ1v) is 11.6. The third-order valence-corrected chi connectivity index (χ3v) is 7.16. The number of halogens is 6. The van der Waals surface area contributed by atoms with E-state index < -0.39 is 12.1 Å². The molecular formula is C23H22Cl3F3N2S. The summed E-state index contributed by atoms with van der Waals surface area (Å²) in [5.41, 5.74) is 2.90. The van der Waals surface area contributed by atoms with Crippen LogP contribution in [0.4, 0.5) is 13.2 Å². The van der Waals surface area contributed by atoms with Gasteiger partial charge in [0.05, 0.1) is 27.0 Å². The molecule has 0 saturated carbocycles. The molecule has 0 saturated heterocycles. The van der Waals surface area contributed by atoms with Crippen LogP contribution in [0.5, 0.6) is 0 Å². The zero-order chi connectivity index (χ0) is 23.6. The second kappa shape index (κ2) is 10.2. The molecule has 172 valence electrons. The van der Waals surface area contributed by atoms with Gasteiger partial charge >= 0.3 is 6.18 Å². The van der Waals surface area contributed by atoms with Crippen molar-refractivity contribution in [3.8, 4) is 0 Å². The quantitative estimate of drug-likeness (QED) is 0.319. The first-order chi connectivity index (χ1) is 15.0. The number of thiocarbonyl (C=S) groups is 1. The summed E-state index contributed by atoms with van der Waals surface area (Å²) >= 11 is 23.2. The van der Waals surface area contributed by atoms with E-state index >= 15 is 0 Å². The number of hydrogen-bond donors (Lipinski definition) is 1. The molecule has 0 bridgehead atoms. The first-order valence-electron chi connectivity index (χ1n) is 10.1. The van der Waals surface area contributed by atoms with Crippen LogP contribution in [0.1, 0.15) is 47.6 Å². The number of nitrogens with zero attached hydrogens (tertiary/aromatic N) is 1. The lowest BCUT2D eigenvalue weighted by Crippen LogP contribution is -2.38. The predicted octanol–water partition coefficient (Wildman–Crippen LogP) is 7.82. The van der Waals surface area contributed by atoms with Gasteiger partial charge in [0.1, 0.15) is 0 Å². The van der Waals surface area contributed by atoms with E-state index in [-0.39, 0.29) is 26.7 Å². The second-order valence-electron chi connectivity index (χ2n) is 7.64. The van der Waals surface area contributed by atoms with Gasteiger partial charge in [-0.05, 0) is 66.4 Å². The molecule has 2 unspecified atom stereocenters. The maximum Gasteiger partial charge on any atom is 0.399 e. The van der Waals surface area contributed by atoms with Crippen LogP contribution in [0, 0.1) is 0 Å². The maximum absolute atomic E-state index is 13.8. The molecule has 1 aliphatic rings. The van der Waals surface area contributed by atoms with Crippen molar-refractivity contribution in [2.24, 2.45) is 0 Å². The monoisotopic (exact) mass is 520 g/mol. The van der Waals surface area contributed by atoms with Crippen LogP contribution >= 0.6 is 47.0 Å². The average Bonchev–Trinajstić information content (AvgIpc) is 3.14. The maximum atomic E-state index is 13.8. The number of hydrogen-bond acceptors (Lipinski definition) is 1. The number of allylic oxidation sites excluding steroid dienone is 1. The van der Waals surface area contributed by atoms with Crippen molar-refractivity contribution in [3.05, 3.63) is 73.7 Å². The number of benzene rings is 2. The third-order valence-electron chi connectivity index (χ3n) is 5.53. The molecule has 0 aliphatic heterocycles. The molecule has 2 aromatic carbocycles. The Hall–Kier alpha value is -1.47. The topological polar surface area (TPSA) is 15.3 Å². The fraction of sp³-hybridized carbons (Fsp3) is 0.348. The molecular weight excluding hydrogens is 500 g/mol. The Labute approximate surface area is 206 Å². The Balaban J connectivity index is 1.86. The van der Waals surface area contributed by atoms with Crippen LogP contribution < -0.4 is 5.32 Å². The molecule has 0 radical (unpaired) electrons. The van der Waals surface area contributed by atoms with Gasteiger partial charge in [-0.2, -0.15) is 13.2 Å². The summed E-state index contributed by atoms with van der Waals surface area (Å²) in [6.45, 7) is 2.73. The molecule has 0 fully saturated rings. The number of nitrogens with one attached hydrogen (secondary N) is 1. The number of alkyl halides is 3. The average molecular weight is 522 g/mol. The van der Waals surface area contributed by atoms with Gasteiger partial charge in [0, 0.05) is 13.6 Å². The highest BCUT2D eigenvalue weighted by molar-refractivity contribution is 7.80. The van der Waals surface area contributed by atoms with E-state index in [1.807, 2.05) is 37.1 Å². The van der Waals surface area contributed by atoms with Crippen molar-refractivity contribution >= 4 is 58.2 Å². The molecule has 2 nitrogen and oxygen atoms in total. The zero-order valence-electron chi connectivity index (χ0n) is 17.4. The molecule has 1 aliphatic carbocycles. The SMILES string of the molecule is CCNC(=S)N(C)C1CCc2cc(/C=C/C(c3cc(Cl)c(Cl)c(Cl)c3)C(F)(F)F)ccc21. The van der Waals surface area contributed by atoms with Crippen LogP contribution in [0.3, 0.4) is 0 Å². The van der Waals surface area contributed by atoms with Crippen molar-refractivity contribution in [1.82, 2.24) is 10.2 Å². The smallest absolute Gasteiger partial charge is 0.363 e. The number of fused-ring (bicyclic) bond motifs is 1. The van der Waals surface area contributed by atoms with Crippen LogP contribution in [-0.2, 0) is 6.42 Å². The molecule has 32 heavy (non-hydrogen) atoms. The molecule has 0 spiro atoms. The van der Waals surface area contributed by atoms with Crippen LogP contribution in [0.2, 0.25) is 15.1 Å².